The molecule has 1 rings (SSSR count). The van der Waals surface area contributed by atoms with Gasteiger partial charge in [0.15, 0.2) is 0 Å². The second-order valence-electron chi connectivity index (χ2n) is 3.03. The molecular formula is C8H14O2. The van der Waals surface area contributed by atoms with Crippen molar-refractivity contribution >= 4 is 6.29 Å². The summed E-state index contributed by atoms with van der Waals surface area (Å²) in [5, 5.41) is 0. The summed E-state index contributed by atoms with van der Waals surface area (Å²) in [4.78, 5) is 10.6. The summed E-state index contributed by atoms with van der Waals surface area (Å²) < 4.78 is 5.17. The van der Waals surface area contributed by atoms with Gasteiger partial charge in [-0.1, -0.05) is 13.3 Å². The Kier molecular flexibility index (Phi) is 2.44. The van der Waals surface area contributed by atoms with Crippen LogP contribution in [-0.4, -0.2) is 19.5 Å². The van der Waals surface area contributed by atoms with Crippen LogP contribution in [0.3, 0.4) is 0 Å². The minimum absolute atomic E-state index is 0.116. The molecule has 2 heteroatoms. The van der Waals surface area contributed by atoms with E-state index in [4.69, 9.17) is 4.74 Å². The molecule has 0 amide bonds. The molecule has 1 aliphatic rings. The van der Waals surface area contributed by atoms with Gasteiger partial charge in [-0.05, 0) is 12.8 Å². The van der Waals surface area contributed by atoms with Crippen molar-refractivity contribution in [2.45, 2.75) is 26.2 Å². The van der Waals surface area contributed by atoms with Crippen LogP contribution in [0.1, 0.15) is 26.2 Å². The van der Waals surface area contributed by atoms with Gasteiger partial charge in [0.05, 0.1) is 12.0 Å². The molecule has 0 bridgehead atoms. The molecule has 0 spiro atoms. The predicted molar refractivity (Wildman–Crippen MR) is 38.8 cm³/mol. The molecule has 1 atom stereocenters. The van der Waals surface area contributed by atoms with Crippen LogP contribution < -0.4 is 0 Å². The second kappa shape index (κ2) is 3.15. The van der Waals surface area contributed by atoms with Gasteiger partial charge >= 0.3 is 0 Å². The summed E-state index contributed by atoms with van der Waals surface area (Å²) in [6, 6.07) is 0. The lowest BCUT2D eigenvalue weighted by atomic mass is 9.85. The quantitative estimate of drug-likeness (QED) is 0.557. The zero-order valence-corrected chi connectivity index (χ0v) is 6.43. The highest BCUT2D eigenvalue weighted by Gasteiger charge is 2.33. The van der Waals surface area contributed by atoms with Crippen molar-refractivity contribution in [1.82, 2.24) is 0 Å². The fourth-order valence-electron chi connectivity index (χ4n) is 1.47. The molecule has 1 unspecified atom stereocenters. The van der Waals surface area contributed by atoms with Crippen LogP contribution in [0, 0.1) is 5.41 Å². The Morgan fingerprint density at radius 3 is 2.90 bits per heavy atom. The number of aldehydes is 1. The molecule has 0 aliphatic carbocycles. The van der Waals surface area contributed by atoms with Crippen molar-refractivity contribution in [2.75, 3.05) is 13.2 Å². The maximum absolute atomic E-state index is 10.6. The summed E-state index contributed by atoms with van der Waals surface area (Å²) in [7, 11) is 0. The normalized spacial score (nSPS) is 32.5. The average Bonchev–Trinajstić information content (AvgIpc) is 2.39. The van der Waals surface area contributed by atoms with E-state index in [1.54, 1.807) is 0 Å². The summed E-state index contributed by atoms with van der Waals surface area (Å²) in [6.07, 6.45) is 4.05. The first-order valence-electron chi connectivity index (χ1n) is 3.87. The summed E-state index contributed by atoms with van der Waals surface area (Å²) in [5.41, 5.74) is -0.116. The molecular weight excluding hydrogens is 128 g/mol. The van der Waals surface area contributed by atoms with Gasteiger partial charge in [0, 0.05) is 6.61 Å². The molecule has 2 nitrogen and oxygen atoms in total. The molecule has 0 radical (unpaired) electrons. The van der Waals surface area contributed by atoms with Gasteiger partial charge in [-0.2, -0.15) is 0 Å². The number of carbonyl (C=O) groups is 1. The zero-order valence-electron chi connectivity index (χ0n) is 6.43. The Balaban J connectivity index is 2.49. The van der Waals surface area contributed by atoms with Gasteiger partial charge in [0.25, 0.3) is 0 Å². The van der Waals surface area contributed by atoms with Crippen LogP contribution in [0.15, 0.2) is 0 Å². The van der Waals surface area contributed by atoms with Crippen LogP contribution in [0.4, 0.5) is 0 Å². The molecule has 0 aromatic rings. The topological polar surface area (TPSA) is 26.3 Å². The second-order valence-corrected chi connectivity index (χ2v) is 3.03. The fraction of sp³-hybridized carbons (Fsp3) is 0.875. The van der Waals surface area contributed by atoms with E-state index in [0.29, 0.717) is 6.61 Å². The maximum Gasteiger partial charge on any atom is 0.128 e. The first kappa shape index (κ1) is 7.73. The molecule has 1 saturated heterocycles. The van der Waals surface area contributed by atoms with Crippen LogP contribution in [0.2, 0.25) is 0 Å². The number of rotatable bonds is 3. The Bertz CT molecular complexity index is 114. The largest absolute Gasteiger partial charge is 0.380 e. The first-order chi connectivity index (χ1) is 4.83. The van der Waals surface area contributed by atoms with Gasteiger partial charge in [0.2, 0.25) is 0 Å². The lowest BCUT2D eigenvalue weighted by Crippen LogP contribution is -2.22. The molecule has 1 fully saturated rings. The maximum atomic E-state index is 10.6. The van der Waals surface area contributed by atoms with Gasteiger partial charge in [-0.15, -0.1) is 0 Å². The molecule has 0 aromatic carbocycles. The number of hydrogen-bond acceptors (Lipinski definition) is 2. The van der Waals surface area contributed by atoms with Crippen molar-refractivity contribution in [3.05, 3.63) is 0 Å². The van der Waals surface area contributed by atoms with Gasteiger partial charge in [-0.25, -0.2) is 0 Å². The van der Waals surface area contributed by atoms with E-state index < -0.39 is 0 Å². The average molecular weight is 142 g/mol. The van der Waals surface area contributed by atoms with E-state index >= 15 is 0 Å². The van der Waals surface area contributed by atoms with Crippen molar-refractivity contribution in [3.63, 3.8) is 0 Å². The van der Waals surface area contributed by atoms with Gasteiger partial charge in [0.1, 0.15) is 6.29 Å². The molecule has 0 aromatic heterocycles. The SMILES string of the molecule is CCCC1(C=O)CCOC1. The van der Waals surface area contributed by atoms with Gasteiger partial charge in [-0.3, -0.25) is 0 Å². The monoisotopic (exact) mass is 142 g/mol. The Morgan fingerprint density at radius 2 is 2.50 bits per heavy atom. The zero-order chi connectivity index (χ0) is 7.45. The van der Waals surface area contributed by atoms with Crippen molar-refractivity contribution < 1.29 is 9.53 Å². The summed E-state index contributed by atoms with van der Waals surface area (Å²) >= 11 is 0. The minimum Gasteiger partial charge on any atom is -0.380 e. The Labute approximate surface area is 61.6 Å². The first-order valence-corrected chi connectivity index (χ1v) is 3.87. The third-order valence-electron chi connectivity index (χ3n) is 2.13. The smallest absolute Gasteiger partial charge is 0.128 e. The molecule has 1 aliphatic heterocycles. The van der Waals surface area contributed by atoms with Crippen LogP contribution in [-0.2, 0) is 9.53 Å². The van der Waals surface area contributed by atoms with E-state index in [9.17, 15) is 4.79 Å². The third-order valence-corrected chi connectivity index (χ3v) is 2.13. The van der Waals surface area contributed by atoms with E-state index in [1.807, 2.05) is 0 Å². The highest BCUT2D eigenvalue weighted by Crippen LogP contribution is 2.30. The molecule has 10 heavy (non-hydrogen) atoms. The lowest BCUT2D eigenvalue weighted by molar-refractivity contribution is -0.116. The third kappa shape index (κ3) is 1.37. The standard InChI is InChI=1S/C8H14O2/c1-2-3-8(6-9)4-5-10-7-8/h6H,2-5,7H2,1H3. The fourth-order valence-corrected chi connectivity index (χ4v) is 1.47. The summed E-state index contributed by atoms with van der Waals surface area (Å²) in [6.45, 7) is 3.51. The highest BCUT2D eigenvalue weighted by atomic mass is 16.5. The van der Waals surface area contributed by atoms with Crippen LogP contribution in [0.5, 0.6) is 0 Å². The van der Waals surface area contributed by atoms with Crippen molar-refractivity contribution in [1.29, 1.82) is 0 Å². The van der Waals surface area contributed by atoms with E-state index in [-0.39, 0.29) is 5.41 Å². The molecule has 1 heterocycles. The van der Waals surface area contributed by atoms with Crippen LogP contribution in [0.25, 0.3) is 0 Å². The Morgan fingerprint density at radius 1 is 1.70 bits per heavy atom. The Hall–Kier alpha value is -0.370. The van der Waals surface area contributed by atoms with Crippen molar-refractivity contribution in [3.8, 4) is 0 Å². The van der Waals surface area contributed by atoms with E-state index in [0.717, 1.165) is 32.2 Å². The molecule has 0 saturated carbocycles. The predicted octanol–water partition coefficient (Wildman–Crippen LogP) is 1.39. The van der Waals surface area contributed by atoms with Gasteiger partial charge < -0.3 is 9.53 Å². The van der Waals surface area contributed by atoms with Crippen molar-refractivity contribution in [2.24, 2.45) is 5.41 Å². The summed E-state index contributed by atoms with van der Waals surface area (Å²) in [5.74, 6) is 0. The number of hydrogen-bond donors (Lipinski definition) is 0. The number of carbonyl (C=O) groups excluding carboxylic acids is 1. The number of ether oxygens (including phenoxy) is 1. The molecule has 58 valence electrons. The van der Waals surface area contributed by atoms with E-state index in [1.165, 1.54) is 0 Å². The highest BCUT2D eigenvalue weighted by molar-refractivity contribution is 5.59. The molecule has 0 N–H and O–H groups in total. The van der Waals surface area contributed by atoms with E-state index in [2.05, 4.69) is 6.92 Å². The minimum atomic E-state index is -0.116. The van der Waals surface area contributed by atoms with Crippen LogP contribution >= 0.6 is 0 Å². The lowest BCUT2D eigenvalue weighted by Gasteiger charge is -2.17.